The Morgan fingerprint density at radius 3 is 2.22 bits per heavy atom. The third kappa shape index (κ3) is 4.86. The summed E-state index contributed by atoms with van der Waals surface area (Å²) < 4.78 is 45.2. The van der Waals surface area contributed by atoms with Gasteiger partial charge in [0.2, 0.25) is 0 Å². The van der Waals surface area contributed by atoms with Gasteiger partial charge < -0.3 is 10.1 Å². The summed E-state index contributed by atoms with van der Waals surface area (Å²) in [5.41, 5.74) is -1.29. The lowest BCUT2D eigenvalue weighted by molar-refractivity contribution is -0.137. The maximum absolute atomic E-state index is 13.7. The highest BCUT2D eigenvalue weighted by Gasteiger charge is 2.40. The lowest BCUT2D eigenvalue weighted by atomic mass is 9.90. The summed E-state index contributed by atoms with van der Waals surface area (Å²) >= 11 is 0. The molecule has 36 heavy (non-hydrogen) atoms. The molecule has 184 valence electrons. The molecule has 0 saturated heterocycles. The van der Waals surface area contributed by atoms with Crippen LogP contribution in [0.2, 0.25) is 0 Å². The number of halogens is 3. The van der Waals surface area contributed by atoms with Crippen molar-refractivity contribution in [2.75, 3.05) is 12.4 Å². The number of carbonyl (C=O) groups excluding carboxylic acids is 1. The highest BCUT2D eigenvalue weighted by molar-refractivity contribution is 5.98. The minimum atomic E-state index is -4.50. The molecule has 0 fully saturated rings. The standard InChI is InChI=1S/C27H22F3N3O3/c1-26(19-8-4-3-5-9-19,25(35)31-21-13-11-20(12-14-21)27(28,29)30)33-24(34)16-15-23(32-33)18-7-6-10-22(17-18)36-2/h3-17H,1-2H3,(H,31,35). The third-order valence-electron chi connectivity index (χ3n) is 5.84. The number of rotatable bonds is 6. The molecule has 0 aliphatic carbocycles. The summed E-state index contributed by atoms with van der Waals surface area (Å²) in [5.74, 6) is -0.0521. The number of anilines is 1. The molecule has 0 saturated carbocycles. The summed E-state index contributed by atoms with van der Waals surface area (Å²) in [6.45, 7) is 1.53. The van der Waals surface area contributed by atoms with Gasteiger partial charge in [-0.05, 0) is 55.0 Å². The zero-order valence-electron chi connectivity index (χ0n) is 19.4. The van der Waals surface area contributed by atoms with Gasteiger partial charge >= 0.3 is 6.18 Å². The second-order valence-corrected chi connectivity index (χ2v) is 8.17. The Morgan fingerprint density at radius 2 is 1.58 bits per heavy atom. The predicted octanol–water partition coefficient (Wildman–Crippen LogP) is 5.34. The number of nitrogens with zero attached hydrogens (tertiary/aromatic N) is 2. The first-order valence-corrected chi connectivity index (χ1v) is 10.9. The molecule has 9 heteroatoms. The number of hydrogen-bond donors (Lipinski definition) is 1. The van der Waals surface area contributed by atoms with Crippen molar-refractivity contribution < 1.29 is 22.7 Å². The quantitative estimate of drug-likeness (QED) is 0.394. The van der Waals surface area contributed by atoms with Gasteiger partial charge in [-0.2, -0.15) is 18.3 Å². The molecule has 0 aliphatic heterocycles. The van der Waals surface area contributed by atoms with E-state index in [0.29, 0.717) is 22.6 Å². The second kappa shape index (κ2) is 9.69. The Morgan fingerprint density at radius 1 is 0.889 bits per heavy atom. The minimum absolute atomic E-state index is 0.146. The molecule has 6 nitrogen and oxygen atoms in total. The van der Waals surface area contributed by atoms with Crippen LogP contribution in [0.5, 0.6) is 5.75 Å². The zero-order valence-corrected chi connectivity index (χ0v) is 19.4. The highest BCUT2D eigenvalue weighted by Crippen LogP contribution is 2.31. The van der Waals surface area contributed by atoms with Gasteiger partial charge in [0.05, 0.1) is 18.4 Å². The topological polar surface area (TPSA) is 73.2 Å². The van der Waals surface area contributed by atoms with Crippen molar-refractivity contribution in [2.45, 2.75) is 18.6 Å². The molecule has 1 aromatic heterocycles. The van der Waals surface area contributed by atoms with Gasteiger partial charge in [-0.25, -0.2) is 4.68 Å². The van der Waals surface area contributed by atoms with E-state index in [1.165, 1.54) is 20.1 Å². The van der Waals surface area contributed by atoms with Crippen molar-refractivity contribution in [1.29, 1.82) is 0 Å². The number of ether oxygens (including phenoxy) is 1. The average molecular weight is 493 g/mol. The van der Waals surface area contributed by atoms with Crippen molar-refractivity contribution >= 4 is 11.6 Å². The van der Waals surface area contributed by atoms with E-state index in [1.54, 1.807) is 60.7 Å². The van der Waals surface area contributed by atoms with Crippen LogP contribution in [0, 0.1) is 0 Å². The minimum Gasteiger partial charge on any atom is -0.497 e. The van der Waals surface area contributed by atoms with Crippen LogP contribution >= 0.6 is 0 Å². The van der Waals surface area contributed by atoms with E-state index < -0.39 is 28.7 Å². The molecule has 1 heterocycles. The molecule has 0 radical (unpaired) electrons. The van der Waals surface area contributed by atoms with Gasteiger partial charge in [0.1, 0.15) is 5.75 Å². The van der Waals surface area contributed by atoms with Crippen LogP contribution in [-0.2, 0) is 16.5 Å². The number of nitrogens with one attached hydrogen (secondary N) is 1. The highest BCUT2D eigenvalue weighted by atomic mass is 19.4. The average Bonchev–Trinajstić information content (AvgIpc) is 2.88. The maximum Gasteiger partial charge on any atom is 0.416 e. The predicted molar refractivity (Wildman–Crippen MR) is 130 cm³/mol. The van der Waals surface area contributed by atoms with Crippen molar-refractivity contribution in [3.63, 3.8) is 0 Å². The van der Waals surface area contributed by atoms with E-state index in [-0.39, 0.29) is 5.69 Å². The van der Waals surface area contributed by atoms with Crippen molar-refractivity contribution in [1.82, 2.24) is 9.78 Å². The zero-order chi connectivity index (χ0) is 25.9. The van der Waals surface area contributed by atoms with Crippen LogP contribution in [0.3, 0.4) is 0 Å². The fourth-order valence-corrected chi connectivity index (χ4v) is 3.78. The lowest BCUT2D eigenvalue weighted by Gasteiger charge is -2.30. The second-order valence-electron chi connectivity index (χ2n) is 8.17. The molecule has 4 rings (SSSR count). The van der Waals surface area contributed by atoms with E-state index >= 15 is 0 Å². The summed E-state index contributed by atoms with van der Waals surface area (Å²) in [6, 6.07) is 22.6. The van der Waals surface area contributed by atoms with E-state index in [0.717, 1.165) is 28.9 Å². The van der Waals surface area contributed by atoms with Crippen molar-refractivity contribution in [3.05, 3.63) is 112 Å². The Labute approximate surface area is 205 Å². The van der Waals surface area contributed by atoms with Crippen LogP contribution < -0.4 is 15.6 Å². The van der Waals surface area contributed by atoms with E-state index in [1.807, 2.05) is 0 Å². The fourth-order valence-electron chi connectivity index (χ4n) is 3.78. The largest absolute Gasteiger partial charge is 0.497 e. The maximum atomic E-state index is 13.7. The van der Waals surface area contributed by atoms with Crippen molar-refractivity contribution in [3.8, 4) is 17.0 Å². The first-order valence-electron chi connectivity index (χ1n) is 10.9. The summed E-state index contributed by atoms with van der Waals surface area (Å²) in [5, 5.41) is 7.15. The van der Waals surface area contributed by atoms with Crippen LogP contribution in [0.4, 0.5) is 18.9 Å². The van der Waals surface area contributed by atoms with Crippen LogP contribution in [0.1, 0.15) is 18.1 Å². The van der Waals surface area contributed by atoms with Gasteiger partial charge in [0.25, 0.3) is 11.5 Å². The number of amides is 1. The Balaban J connectivity index is 1.80. The molecule has 1 amide bonds. The summed E-state index contributed by atoms with van der Waals surface area (Å²) in [6.07, 6.45) is -4.50. The Bertz CT molecular complexity index is 1430. The van der Waals surface area contributed by atoms with Crippen LogP contribution in [-0.4, -0.2) is 22.8 Å². The first kappa shape index (κ1) is 24.7. The molecule has 4 aromatic rings. The summed E-state index contributed by atoms with van der Waals surface area (Å²) in [4.78, 5) is 26.7. The number of alkyl halides is 3. The number of hydrogen-bond acceptors (Lipinski definition) is 4. The van der Waals surface area contributed by atoms with Gasteiger partial charge in [-0.3, -0.25) is 9.59 Å². The van der Waals surface area contributed by atoms with Gasteiger partial charge in [-0.1, -0.05) is 42.5 Å². The number of benzene rings is 3. The molecular weight excluding hydrogens is 471 g/mol. The Hall–Kier alpha value is -4.40. The first-order chi connectivity index (χ1) is 17.1. The molecule has 1 N–H and O–H groups in total. The molecule has 1 unspecified atom stereocenters. The Kier molecular flexibility index (Phi) is 6.65. The van der Waals surface area contributed by atoms with E-state index in [4.69, 9.17) is 4.74 Å². The lowest BCUT2D eigenvalue weighted by Crippen LogP contribution is -2.50. The SMILES string of the molecule is COc1cccc(-c2ccc(=O)n(C(C)(C(=O)Nc3ccc(C(F)(F)F)cc3)c3ccccc3)n2)c1. The fraction of sp³-hybridized carbons (Fsp3) is 0.148. The molecule has 0 aliphatic rings. The molecule has 0 bridgehead atoms. The molecule has 1 atom stereocenters. The van der Waals surface area contributed by atoms with Gasteiger partial charge in [0, 0.05) is 17.3 Å². The molecule has 3 aromatic carbocycles. The molecule has 0 spiro atoms. The smallest absolute Gasteiger partial charge is 0.416 e. The normalized spacial score (nSPS) is 13.0. The van der Waals surface area contributed by atoms with Gasteiger partial charge in [-0.15, -0.1) is 0 Å². The van der Waals surface area contributed by atoms with Crippen LogP contribution in [0.15, 0.2) is 95.8 Å². The van der Waals surface area contributed by atoms with Gasteiger partial charge in [0.15, 0.2) is 5.54 Å². The number of methoxy groups -OCH3 is 1. The third-order valence-corrected chi connectivity index (χ3v) is 5.84. The van der Waals surface area contributed by atoms with E-state index in [2.05, 4.69) is 10.4 Å². The number of carbonyl (C=O) groups is 1. The summed E-state index contributed by atoms with van der Waals surface area (Å²) in [7, 11) is 1.53. The molecular formula is C27H22F3N3O3. The van der Waals surface area contributed by atoms with E-state index in [9.17, 15) is 22.8 Å². The van der Waals surface area contributed by atoms with Crippen LogP contribution in [0.25, 0.3) is 11.3 Å². The number of aromatic nitrogens is 2. The van der Waals surface area contributed by atoms with Crippen molar-refractivity contribution in [2.24, 2.45) is 0 Å². The monoisotopic (exact) mass is 493 g/mol.